The van der Waals surface area contributed by atoms with E-state index in [4.69, 9.17) is 5.26 Å². The minimum atomic E-state index is -0.636. The fourth-order valence-electron chi connectivity index (χ4n) is 3.07. The van der Waals surface area contributed by atoms with Crippen LogP contribution in [0.2, 0.25) is 0 Å². The monoisotopic (exact) mass is 354 g/mol. The first kappa shape index (κ1) is 17.5. The van der Waals surface area contributed by atoms with Crippen LogP contribution in [0.25, 0.3) is 0 Å². The van der Waals surface area contributed by atoms with Crippen LogP contribution in [0.5, 0.6) is 0 Å². The minimum absolute atomic E-state index is 0.0148. The summed E-state index contributed by atoms with van der Waals surface area (Å²) in [6, 6.07) is 10.0. The topological polar surface area (TPSA) is 100 Å². The van der Waals surface area contributed by atoms with E-state index in [1.165, 1.54) is 36.4 Å². The number of piperidine rings is 1. The van der Waals surface area contributed by atoms with Gasteiger partial charge >= 0.3 is 5.69 Å². The Balaban J connectivity index is 1.69. The van der Waals surface area contributed by atoms with E-state index in [1.807, 2.05) is 4.90 Å². The molecule has 2 heterocycles. The molecule has 0 radical (unpaired) electrons. The second-order valence-corrected chi connectivity index (χ2v) is 6.04. The van der Waals surface area contributed by atoms with Crippen LogP contribution in [0.3, 0.4) is 0 Å². The van der Waals surface area contributed by atoms with E-state index in [2.05, 4.69) is 4.98 Å². The molecule has 132 valence electrons. The molecule has 0 aliphatic carbocycles. The van der Waals surface area contributed by atoms with Crippen molar-refractivity contribution in [1.82, 2.24) is 4.98 Å². The highest BCUT2D eigenvalue weighted by atomic mass is 19.1. The molecule has 0 bridgehead atoms. The van der Waals surface area contributed by atoms with E-state index in [1.54, 1.807) is 6.07 Å². The standard InChI is InChI=1S/C18H15FN4O3/c19-14-3-1-12(2-4-14)18(24)13-7-9-22(10-8-13)17-6-5-16(23(25)26)15(11-20)21-17/h1-6,13H,7-10H2. The van der Waals surface area contributed by atoms with Crippen LogP contribution in [-0.2, 0) is 0 Å². The lowest BCUT2D eigenvalue weighted by atomic mass is 9.89. The van der Waals surface area contributed by atoms with Crippen molar-refractivity contribution in [3.05, 3.63) is 63.6 Å². The Bertz CT molecular complexity index is 884. The van der Waals surface area contributed by atoms with Crippen LogP contribution in [0.15, 0.2) is 36.4 Å². The number of rotatable bonds is 4. The number of benzene rings is 1. The smallest absolute Gasteiger partial charge is 0.305 e. The molecule has 0 N–H and O–H groups in total. The number of carbonyl (C=O) groups is 1. The quantitative estimate of drug-likeness (QED) is 0.475. The molecule has 7 nitrogen and oxygen atoms in total. The molecule has 1 aliphatic rings. The first-order valence-corrected chi connectivity index (χ1v) is 8.10. The van der Waals surface area contributed by atoms with Gasteiger partial charge in [0, 0.05) is 30.6 Å². The van der Waals surface area contributed by atoms with Gasteiger partial charge in [0.2, 0.25) is 5.69 Å². The molecular weight excluding hydrogens is 339 g/mol. The maximum absolute atomic E-state index is 13.0. The number of hydrogen-bond acceptors (Lipinski definition) is 6. The molecular formula is C18H15FN4O3. The SMILES string of the molecule is N#Cc1nc(N2CCC(C(=O)c3ccc(F)cc3)CC2)ccc1[N+](=O)[O-]. The van der Waals surface area contributed by atoms with Crippen LogP contribution in [-0.4, -0.2) is 28.8 Å². The van der Waals surface area contributed by atoms with Crippen molar-refractivity contribution in [1.29, 1.82) is 5.26 Å². The summed E-state index contributed by atoms with van der Waals surface area (Å²) >= 11 is 0. The number of Topliss-reactive ketones (excluding diaryl/α,β-unsaturated/α-hetero) is 1. The number of anilines is 1. The molecule has 0 spiro atoms. The van der Waals surface area contributed by atoms with Crippen LogP contribution >= 0.6 is 0 Å². The number of pyridine rings is 1. The van der Waals surface area contributed by atoms with Gasteiger partial charge in [0.1, 0.15) is 17.7 Å². The maximum atomic E-state index is 13.0. The number of halogens is 1. The van der Waals surface area contributed by atoms with Crippen LogP contribution < -0.4 is 4.90 Å². The molecule has 1 aromatic carbocycles. The average molecular weight is 354 g/mol. The van der Waals surface area contributed by atoms with Crippen molar-refractivity contribution in [3.63, 3.8) is 0 Å². The summed E-state index contributed by atoms with van der Waals surface area (Å²) < 4.78 is 13.0. The third-order valence-electron chi connectivity index (χ3n) is 4.48. The normalized spacial score (nSPS) is 14.7. The number of carbonyl (C=O) groups excluding carboxylic acids is 1. The Labute approximate surface area is 148 Å². The second-order valence-electron chi connectivity index (χ2n) is 6.04. The fraction of sp³-hybridized carbons (Fsp3) is 0.278. The van der Waals surface area contributed by atoms with Gasteiger partial charge < -0.3 is 4.90 Å². The van der Waals surface area contributed by atoms with E-state index in [9.17, 15) is 19.3 Å². The van der Waals surface area contributed by atoms with Gasteiger partial charge in [-0.2, -0.15) is 5.26 Å². The highest BCUT2D eigenvalue weighted by molar-refractivity contribution is 5.97. The van der Waals surface area contributed by atoms with Crippen LogP contribution in [0.1, 0.15) is 28.9 Å². The molecule has 0 saturated carbocycles. The Kier molecular flexibility index (Phi) is 4.89. The Morgan fingerprint density at radius 2 is 1.88 bits per heavy atom. The summed E-state index contributed by atoms with van der Waals surface area (Å²) in [5, 5.41) is 19.9. The van der Waals surface area contributed by atoms with Gasteiger partial charge in [-0.3, -0.25) is 14.9 Å². The molecule has 8 heteroatoms. The van der Waals surface area contributed by atoms with E-state index in [-0.39, 0.29) is 28.9 Å². The van der Waals surface area contributed by atoms with Crippen LogP contribution in [0.4, 0.5) is 15.9 Å². The highest BCUT2D eigenvalue weighted by Crippen LogP contribution is 2.27. The number of hydrogen-bond donors (Lipinski definition) is 0. The summed E-state index contributed by atoms with van der Waals surface area (Å²) in [7, 11) is 0. The average Bonchev–Trinajstić information content (AvgIpc) is 2.67. The summed E-state index contributed by atoms with van der Waals surface area (Å²) in [5.41, 5.74) is -0.0558. The van der Waals surface area contributed by atoms with Crippen molar-refractivity contribution in [2.75, 3.05) is 18.0 Å². The van der Waals surface area contributed by atoms with Crippen molar-refractivity contribution in [2.24, 2.45) is 5.92 Å². The van der Waals surface area contributed by atoms with Gasteiger partial charge in [-0.25, -0.2) is 9.37 Å². The number of ketones is 1. The molecule has 1 fully saturated rings. The number of nitriles is 1. The molecule has 0 unspecified atom stereocenters. The van der Waals surface area contributed by atoms with Gasteiger partial charge in [0.15, 0.2) is 5.78 Å². The van der Waals surface area contributed by atoms with Crippen molar-refractivity contribution in [3.8, 4) is 6.07 Å². The minimum Gasteiger partial charge on any atom is -0.357 e. The van der Waals surface area contributed by atoms with Gasteiger partial charge in [-0.1, -0.05) is 0 Å². The predicted molar refractivity (Wildman–Crippen MR) is 91.3 cm³/mol. The van der Waals surface area contributed by atoms with Crippen LogP contribution in [0, 0.1) is 33.2 Å². The zero-order valence-electron chi connectivity index (χ0n) is 13.8. The Morgan fingerprint density at radius 1 is 1.23 bits per heavy atom. The van der Waals surface area contributed by atoms with E-state index >= 15 is 0 Å². The number of nitro groups is 1. The third kappa shape index (κ3) is 3.52. The third-order valence-corrected chi connectivity index (χ3v) is 4.48. The van der Waals surface area contributed by atoms with Gasteiger partial charge in [0.25, 0.3) is 0 Å². The van der Waals surface area contributed by atoms with Crippen molar-refractivity contribution >= 4 is 17.3 Å². The molecule has 26 heavy (non-hydrogen) atoms. The Morgan fingerprint density at radius 3 is 2.46 bits per heavy atom. The predicted octanol–water partition coefficient (Wildman–Crippen LogP) is 3.10. The number of nitrogens with zero attached hydrogens (tertiary/aromatic N) is 4. The number of aromatic nitrogens is 1. The summed E-state index contributed by atoms with van der Waals surface area (Å²) in [4.78, 5) is 28.7. The fourth-order valence-corrected chi connectivity index (χ4v) is 3.07. The lowest BCUT2D eigenvalue weighted by molar-refractivity contribution is -0.385. The maximum Gasteiger partial charge on any atom is 0.305 e. The molecule has 0 atom stereocenters. The summed E-state index contributed by atoms with van der Waals surface area (Å²) in [6.45, 7) is 1.10. The summed E-state index contributed by atoms with van der Waals surface area (Å²) in [5.74, 6) is -0.0713. The molecule has 3 rings (SSSR count). The van der Waals surface area contributed by atoms with E-state index < -0.39 is 4.92 Å². The Hall–Kier alpha value is -3.34. The molecule has 0 amide bonds. The van der Waals surface area contributed by atoms with E-state index in [0.717, 1.165) is 0 Å². The molecule has 1 saturated heterocycles. The van der Waals surface area contributed by atoms with Gasteiger partial charge in [-0.15, -0.1) is 0 Å². The summed E-state index contributed by atoms with van der Waals surface area (Å²) in [6.07, 6.45) is 1.19. The zero-order valence-corrected chi connectivity index (χ0v) is 13.8. The first-order valence-electron chi connectivity index (χ1n) is 8.10. The highest BCUT2D eigenvalue weighted by Gasteiger charge is 2.27. The lowest BCUT2D eigenvalue weighted by Gasteiger charge is -2.32. The molecule has 1 aromatic heterocycles. The van der Waals surface area contributed by atoms with Gasteiger partial charge in [-0.05, 0) is 43.2 Å². The second kappa shape index (κ2) is 7.27. The van der Waals surface area contributed by atoms with Crippen molar-refractivity contribution in [2.45, 2.75) is 12.8 Å². The largest absolute Gasteiger partial charge is 0.357 e. The van der Waals surface area contributed by atoms with Gasteiger partial charge in [0.05, 0.1) is 4.92 Å². The lowest BCUT2D eigenvalue weighted by Crippen LogP contribution is -2.37. The molecule has 2 aromatic rings. The first-order chi connectivity index (χ1) is 12.5. The van der Waals surface area contributed by atoms with E-state index in [0.29, 0.717) is 37.3 Å². The zero-order chi connectivity index (χ0) is 18.7. The van der Waals surface area contributed by atoms with Crippen molar-refractivity contribution < 1.29 is 14.1 Å². The molecule has 1 aliphatic heterocycles.